The summed E-state index contributed by atoms with van der Waals surface area (Å²) < 4.78 is 9.55. The molecule has 1 saturated heterocycles. The molecule has 2 aromatic carbocycles. The zero-order valence-corrected chi connectivity index (χ0v) is 13.3. The second kappa shape index (κ2) is 6.09. The van der Waals surface area contributed by atoms with Crippen molar-refractivity contribution < 1.29 is 6.17 Å². The van der Waals surface area contributed by atoms with Gasteiger partial charge in [0.15, 0.2) is 0 Å². The van der Waals surface area contributed by atoms with Crippen molar-refractivity contribution in [2.24, 2.45) is 5.73 Å². The Morgan fingerprint density at radius 3 is 2.83 bits per heavy atom. The van der Waals surface area contributed by atoms with E-state index < -0.39 is 5.91 Å². The topological polar surface area (TPSA) is 72.9 Å². The lowest BCUT2D eigenvalue weighted by atomic mass is 9.92. The van der Waals surface area contributed by atoms with E-state index in [1.165, 1.54) is 24.5 Å². The fourth-order valence-corrected chi connectivity index (χ4v) is 3.34. The van der Waals surface area contributed by atoms with E-state index in [4.69, 9.17) is 7.10 Å². The maximum atomic E-state index is 11.6. The standard InChI is InChI=1S/C19H20N4O/c20-19(24)17-5-1-3-15-12-23(22-18(15)17)16-8-6-13(7-9-16)14-4-2-10-21-11-14/h1,3,5-9,12,14,21H,2,4,10-11H2,(H2,20,24)/i1D. The highest BCUT2D eigenvalue weighted by Crippen LogP contribution is 2.25. The summed E-state index contributed by atoms with van der Waals surface area (Å²) in [5.74, 6) is -0.00340. The van der Waals surface area contributed by atoms with Crippen LogP contribution in [0.3, 0.4) is 0 Å². The Kier molecular flexibility index (Phi) is 3.49. The van der Waals surface area contributed by atoms with Crippen LogP contribution in [-0.2, 0) is 0 Å². The van der Waals surface area contributed by atoms with Crippen molar-refractivity contribution in [2.75, 3.05) is 13.1 Å². The average Bonchev–Trinajstić information content (AvgIpc) is 3.05. The molecule has 5 nitrogen and oxygen atoms in total. The molecule has 1 aliphatic rings. The van der Waals surface area contributed by atoms with Gasteiger partial charge in [0.05, 0.1) is 12.6 Å². The molecule has 122 valence electrons. The molecule has 1 amide bonds. The number of hydrogen-bond acceptors (Lipinski definition) is 3. The molecule has 1 atom stereocenters. The Morgan fingerprint density at radius 2 is 2.12 bits per heavy atom. The van der Waals surface area contributed by atoms with Crippen molar-refractivity contribution in [2.45, 2.75) is 18.8 Å². The average molecular weight is 321 g/mol. The number of nitrogens with one attached hydrogen (secondary N) is 1. The lowest BCUT2D eigenvalue weighted by Crippen LogP contribution is -2.28. The lowest BCUT2D eigenvalue weighted by molar-refractivity contribution is 0.100. The molecule has 0 spiro atoms. The summed E-state index contributed by atoms with van der Waals surface area (Å²) in [6.45, 7) is 2.13. The minimum absolute atomic E-state index is 0.251. The van der Waals surface area contributed by atoms with Gasteiger partial charge >= 0.3 is 0 Å². The Labute approximate surface area is 141 Å². The minimum Gasteiger partial charge on any atom is -0.366 e. The summed E-state index contributed by atoms with van der Waals surface area (Å²) in [7, 11) is 0. The van der Waals surface area contributed by atoms with Gasteiger partial charge in [0.1, 0.15) is 5.52 Å². The van der Waals surface area contributed by atoms with Crippen molar-refractivity contribution in [1.82, 2.24) is 15.1 Å². The van der Waals surface area contributed by atoms with Crippen LogP contribution in [0, 0.1) is 0 Å². The van der Waals surface area contributed by atoms with Crippen LogP contribution in [-0.4, -0.2) is 28.8 Å². The second-order valence-electron chi connectivity index (χ2n) is 6.25. The molecule has 4 rings (SSSR count). The number of hydrogen-bond donors (Lipinski definition) is 2. The molecular weight excluding hydrogens is 300 g/mol. The van der Waals surface area contributed by atoms with Crippen LogP contribution in [0.25, 0.3) is 16.6 Å². The third-order valence-electron chi connectivity index (χ3n) is 4.66. The van der Waals surface area contributed by atoms with Crippen LogP contribution in [0.2, 0.25) is 0 Å². The van der Waals surface area contributed by atoms with E-state index in [1.54, 1.807) is 10.7 Å². The quantitative estimate of drug-likeness (QED) is 0.779. The number of benzene rings is 2. The minimum atomic E-state index is -0.565. The third kappa shape index (κ3) is 2.67. The molecule has 0 saturated carbocycles. The van der Waals surface area contributed by atoms with Crippen LogP contribution in [0.5, 0.6) is 0 Å². The van der Waals surface area contributed by atoms with Gasteiger partial charge in [-0.1, -0.05) is 24.2 Å². The number of piperidine rings is 1. The highest BCUT2D eigenvalue weighted by molar-refractivity contribution is 6.04. The van der Waals surface area contributed by atoms with Gasteiger partial charge in [-0.05, 0) is 49.1 Å². The number of primary amides is 1. The molecule has 1 unspecified atom stereocenters. The van der Waals surface area contributed by atoms with Gasteiger partial charge in [-0.25, -0.2) is 4.68 Å². The molecule has 1 aliphatic heterocycles. The normalized spacial score (nSPS) is 18.5. The fourth-order valence-electron chi connectivity index (χ4n) is 3.34. The van der Waals surface area contributed by atoms with Gasteiger partial charge in [-0.2, -0.15) is 5.10 Å². The number of carbonyl (C=O) groups excluding carboxylic acids is 1. The molecule has 5 heteroatoms. The van der Waals surface area contributed by atoms with Gasteiger partial charge in [0.2, 0.25) is 0 Å². The van der Waals surface area contributed by atoms with Crippen LogP contribution >= 0.6 is 0 Å². The number of nitrogens with zero attached hydrogens (tertiary/aromatic N) is 2. The monoisotopic (exact) mass is 321 g/mol. The number of nitrogens with two attached hydrogens (primary N) is 1. The van der Waals surface area contributed by atoms with E-state index in [0.717, 1.165) is 24.2 Å². The van der Waals surface area contributed by atoms with Crippen LogP contribution in [0.15, 0.2) is 48.6 Å². The summed E-state index contributed by atoms with van der Waals surface area (Å²) in [6, 6.07) is 11.8. The molecular formula is C19H20N4O. The number of aromatic nitrogens is 2. The summed E-state index contributed by atoms with van der Waals surface area (Å²) in [6.07, 6.45) is 4.26. The van der Waals surface area contributed by atoms with Gasteiger partial charge in [-0.15, -0.1) is 0 Å². The third-order valence-corrected chi connectivity index (χ3v) is 4.66. The summed E-state index contributed by atoms with van der Waals surface area (Å²) in [5.41, 5.74) is 8.49. The molecule has 2 heterocycles. The van der Waals surface area contributed by atoms with Crippen LogP contribution in [0.1, 0.15) is 36.1 Å². The van der Waals surface area contributed by atoms with Gasteiger partial charge in [0, 0.05) is 18.1 Å². The van der Waals surface area contributed by atoms with Gasteiger partial charge in [-0.3, -0.25) is 4.79 Å². The van der Waals surface area contributed by atoms with Crippen LogP contribution < -0.4 is 11.1 Å². The maximum absolute atomic E-state index is 11.6. The number of rotatable bonds is 3. The second-order valence-corrected chi connectivity index (χ2v) is 6.25. The van der Waals surface area contributed by atoms with Gasteiger partial charge < -0.3 is 11.1 Å². The lowest BCUT2D eigenvalue weighted by Gasteiger charge is -2.23. The van der Waals surface area contributed by atoms with E-state index in [-0.39, 0.29) is 11.6 Å². The van der Waals surface area contributed by atoms with Crippen molar-refractivity contribution in [3.05, 3.63) is 59.8 Å². The van der Waals surface area contributed by atoms with E-state index in [0.29, 0.717) is 11.4 Å². The number of fused-ring (bicyclic) bond motifs is 1. The Balaban J connectivity index is 1.69. The zero-order chi connectivity index (χ0) is 17.4. The summed E-state index contributed by atoms with van der Waals surface area (Å²) >= 11 is 0. The van der Waals surface area contributed by atoms with E-state index in [9.17, 15) is 4.79 Å². The van der Waals surface area contributed by atoms with Crippen molar-refractivity contribution in [1.29, 1.82) is 0 Å². The maximum Gasteiger partial charge on any atom is 0.250 e. The molecule has 3 aromatic rings. The Bertz CT molecular complexity index is 926. The SMILES string of the molecule is [2H]c1cc(C(N)=O)c2nn(-c3ccc(C4CCCNC4)cc3)cc2c1. The first-order valence-corrected chi connectivity index (χ1v) is 8.23. The van der Waals surface area contributed by atoms with Gasteiger partial charge in [0.25, 0.3) is 5.91 Å². The first kappa shape index (κ1) is 13.7. The molecule has 0 radical (unpaired) electrons. The molecule has 3 N–H and O–H groups in total. The number of amides is 1. The smallest absolute Gasteiger partial charge is 0.250 e. The van der Waals surface area contributed by atoms with Crippen molar-refractivity contribution in [3.8, 4) is 5.69 Å². The molecule has 1 aromatic heterocycles. The molecule has 1 fully saturated rings. The summed E-state index contributed by atoms with van der Waals surface area (Å²) in [5, 5.41) is 8.69. The van der Waals surface area contributed by atoms with E-state index in [1.807, 2.05) is 18.3 Å². The predicted octanol–water partition coefficient (Wildman–Crippen LogP) is 2.59. The van der Waals surface area contributed by atoms with Crippen molar-refractivity contribution in [3.63, 3.8) is 0 Å². The largest absolute Gasteiger partial charge is 0.366 e. The first-order valence-electron chi connectivity index (χ1n) is 8.73. The van der Waals surface area contributed by atoms with E-state index >= 15 is 0 Å². The highest BCUT2D eigenvalue weighted by Gasteiger charge is 2.15. The molecule has 0 aliphatic carbocycles. The molecule has 24 heavy (non-hydrogen) atoms. The first-order chi connectivity index (χ1) is 12.1. The highest BCUT2D eigenvalue weighted by atomic mass is 16.1. The Morgan fingerprint density at radius 1 is 1.29 bits per heavy atom. The molecule has 0 bridgehead atoms. The summed E-state index contributed by atoms with van der Waals surface area (Å²) in [4.78, 5) is 11.6. The Hall–Kier alpha value is -2.66. The fraction of sp³-hybridized carbons (Fsp3) is 0.263. The zero-order valence-electron chi connectivity index (χ0n) is 14.3. The number of carbonyl (C=O) groups is 1. The van der Waals surface area contributed by atoms with Crippen LogP contribution in [0.4, 0.5) is 0 Å². The predicted molar refractivity (Wildman–Crippen MR) is 94.4 cm³/mol. The van der Waals surface area contributed by atoms with Crippen molar-refractivity contribution >= 4 is 16.8 Å². The van der Waals surface area contributed by atoms with E-state index in [2.05, 4.69) is 22.5 Å².